The van der Waals surface area contributed by atoms with Gasteiger partial charge in [0.15, 0.2) is 0 Å². The smallest absolute Gasteiger partial charge is 0.0576 e. The van der Waals surface area contributed by atoms with Gasteiger partial charge in [-0.3, -0.25) is 0 Å². The van der Waals surface area contributed by atoms with Crippen molar-refractivity contribution in [3.8, 4) is 0 Å². The number of nitrogens with one attached hydrogen (secondary N) is 1. The number of rotatable bonds is 7. The van der Waals surface area contributed by atoms with Gasteiger partial charge >= 0.3 is 0 Å². The molecule has 0 aromatic heterocycles. The Balaban J connectivity index is 1.91. The number of hydrogen-bond acceptors (Lipinski definition) is 4. The van der Waals surface area contributed by atoms with Crippen LogP contribution < -0.4 is 5.32 Å². The Bertz CT molecular complexity index is 281. The molecule has 0 radical (unpaired) electrons. The molecule has 4 nitrogen and oxygen atoms in total. The molecule has 2 aliphatic heterocycles. The van der Waals surface area contributed by atoms with Crippen LogP contribution in [0.25, 0.3) is 0 Å². The minimum atomic E-state index is 0.518. The monoisotopic (exact) mass is 297 g/mol. The molecule has 4 heteroatoms. The van der Waals surface area contributed by atoms with Crippen molar-refractivity contribution in [2.75, 3.05) is 46.9 Å². The molecule has 0 saturated carbocycles. The second kappa shape index (κ2) is 9.09. The van der Waals surface area contributed by atoms with Crippen molar-refractivity contribution in [2.24, 2.45) is 0 Å². The van der Waals surface area contributed by atoms with Crippen LogP contribution >= 0.6 is 0 Å². The van der Waals surface area contributed by atoms with Crippen molar-refractivity contribution < 1.29 is 4.74 Å². The number of hydrogen-bond donors (Lipinski definition) is 1. The lowest BCUT2D eigenvalue weighted by atomic mass is 9.98. The van der Waals surface area contributed by atoms with E-state index in [-0.39, 0.29) is 0 Å². The van der Waals surface area contributed by atoms with Crippen LogP contribution in [0.15, 0.2) is 0 Å². The van der Waals surface area contributed by atoms with Crippen molar-refractivity contribution in [2.45, 2.75) is 63.6 Å². The zero-order valence-corrected chi connectivity index (χ0v) is 14.3. The van der Waals surface area contributed by atoms with E-state index in [4.69, 9.17) is 4.74 Å². The normalized spacial score (nSPS) is 30.4. The van der Waals surface area contributed by atoms with Crippen LogP contribution in [0.3, 0.4) is 0 Å². The maximum Gasteiger partial charge on any atom is 0.0576 e. The molecule has 2 fully saturated rings. The fourth-order valence-electron chi connectivity index (χ4n) is 3.74. The average Bonchev–Trinajstić information content (AvgIpc) is 2.93. The summed E-state index contributed by atoms with van der Waals surface area (Å²) >= 11 is 0. The van der Waals surface area contributed by atoms with Crippen LogP contribution in [0.4, 0.5) is 0 Å². The Morgan fingerprint density at radius 2 is 2.10 bits per heavy atom. The van der Waals surface area contributed by atoms with Gasteiger partial charge in [-0.05, 0) is 72.3 Å². The lowest BCUT2D eigenvalue weighted by molar-refractivity contribution is 0.0920. The standard InChI is InChI=1S/C17H35N3O/c1-4-10-18-16(9-8-15-7-5-13-21-15)17-14-19(2)11-6-12-20(17)3/h15-18H,4-14H2,1-3H3. The minimum Gasteiger partial charge on any atom is -0.378 e. The lowest BCUT2D eigenvalue weighted by Gasteiger charge is -2.35. The highest BCUT2D eigenvalue weighted by atomic mass is 16.5. The van der Waals surface area contributed by atoms with Crippen LogP contribution in [0.1, 0.15) is 45.4 Å². The van der Waals surface area contributed by atoms with Crippen molar-refractivity contribution in [1.29, 1.82) is 0 Å². The third-order valence-electron chi connectivity index (χ3n) is 5.06. The first-order valence-electron chi connectivity index (χ1n) is 8.94. The summed E-state index contributed by atoms with van der Waals surface area (Å²) in [6.07, 6.45) is 8.00. The summed E-state index contributed by atoms with van der Waals surface area (Å²) in [4.78, 5) is 5.08. The zero-order valence-electron chi connectivity index (χ0n) is 14.3. The van der Waals surface area contributed by atoms with E-state index in [1.165, 1.54) is 58.2 Å². The SMILES string of the molecule is CCCNC(CCC1CCCO1)C1CN(C)CCCN1C. The summed E-state index contributed by atoms with van der Waals surface area (Å²) in [5.41, 5.74) is 0. The van der Waals surface area contributed by atoms with Gasteiger partial charge in [0.25, 0.3) is 0 Å². The average molecular weight is 297 g/mol. The van der Waals surface area contributed by atoms with E-state index in [1.807, 2.05) is 0 Å². The first kappa shape index (κ1) is 17.2. The summed E-state index contributed by atoms with van der Waals surface area (Å²) < 4.78 is 5.82. The predicted octanol–water partition coefficient (Wildman–Crippen LogP) is 1.95. The molecule has 0 amide bonds. The first-order chi connectivity index (χ1) is 10.2. The van der Waals surface area contributed by atoms with Crippen LogP contribution in [-0.2, 0) is 4.74 Å². The highest BCUT2D eigenvalue weighted by Crippen LogP contribution is 2.20. The van der Waals surface area contributed by atoms with E-state index >= 15 is 0 Å². The molecule has 0 bridgehead atoms. The Morgan fingerprint density at radius 3 is 2.81 bits per heavy atom. The number of ether oxygens (including phenoxy) is 1. The summed E-state index contributed by atoms with van der Waals surface area (Å²) in [6, 6.07) is 1.23. The second-order valence-corrected chi connectivity index (χ2v) is 6.94. The maximum atomic E-state index is 5.82. The quantitative estimate of drug-likeness (QED) is 0.777. The molecule has 3 atom stereocenters. The molecule has 21 heavy (non-hydrogen) atoms. The van der Waals surface area contributed by atoms with Crippen LogP contribution in [0.2, 0.25) is 0 Å². The van der Waals surface area contributed by atoms with Gasteiger partial charge in [-0.2, -0.15) is 0 Å². The summed E-state index contributed by atoms with van der Waals surface area (Å²) in [5, 5.41) is 3.82. The molecular weight excluding hydrogens is 262 g/mol. The van der Waals surface area contributed by atoms with Crippen molar-refractivity contribution in [3.63, 3.8) is 0 Å². The van der Waals surface area contributed by atoms with E-state index in [9.17, 15) is 0 Å². The van der Waals surface area contributed by atoms with Gasteiger partial charge in [-0.1, -0.05) is 6.92 Å². The Kier molecular flexibility index (Phi) is 7.44. The second-order valence-electron chi connectivity index (χ2n) is 6.94. The molecular formula is C17H35N3O. The molecule has 3 unspecified atom stereocenters. The Morgan fingerprint density at radius 1 is 1.24 bits per heavy atom. The predicted molar refractivity (Wildman–Crippen MR) is 88.8 cm³/mol. The van der Waals surface area contributed by atoms with E-state index in [0.717, 1.165) is 13.2 Å². The third-order valence-corrected chi connectivity index (χ3v) is 5.06. The molecule has 0 aliphatic carbocycles. The van der Waals surface area contributed by atoms with Crippen LogP contribution in [-0.4, -0.2) is 74.9 Å². The van der Waals surface area contributed by atoms with Crippen molar-refractivity contribution >= 4 is 0 Å². The molecule has 2 heterocycles. The maximum absolute atomic E-state index is 5.82. The van der Waals surface area contributed by atoms with Gasteiger partial charge < -0.3 is 19.9 Å². The Labute approximate surface area is 131 Å². The highest BCUT2D eigenvalue weighted by molar-refractivity contribution is 4.88. The molecule has 2 aliphatic rings. The minimum absolute atomic E-state index is 0.518. The molecule has 2 rings (SSSR count). The zero-order chi connectivity index (χ0) is 15.1. The van der Waals surface area contributed by atoms with Gasteiger partial charge in [0.05, 0.1) is 6.10 Å². The highest BCUT2D eigenvalue weighted by Gasteiger charge is 2.29. The van der Waals surface area contributed by atoms with Crippen molar-refractivity contribution in [3.05, 3.63) is 0 Å². The van der Waals surface area contributed by atoms with Crippen molar-refractivity contribution in [1.82, 2.24) is 15.1 Å². The number of nitrogens with zero attached hydrogens (tertiary/aromatic N) is 2. The molecule has 0 spiro atoms. The molecule has 0 aromatic rings. The first-order valence-corrected chi connectivity index (χ1v) is 8.94. The topological polar surface area (TPSA) is 27.7 Å². The molecule has 1 N–H and O–H groups in total. The largest absolute Gasteiger partial charge is 0.378 e. The number of likely N-dealkylation sites (N-methyl/N-ethyl adjacent to an activating group) is 2. The molecule has 0 aromatic carbocycles. The Hall–Kier alpha value is -0.160. The third kappa shape index (κ3) is 5.51. The molecule has 124 valence electrons. The summed E-state index contributed by atoms with van der Waals surface area (Å²) in [6.45, 7) is 8.00. The summed E-state index contributed by atoms with van der Waals surface area (Å²) in [5.74, 6) is 0. The van der Waals surface area contributed by atoms with Crippen LogP contribution in [0, 0.1) is 0 Å². The lowest BCUT2D eigenvalue weighted by Crippen LogP contribution is -2.52. The van der Waals surface area contributed by atoms with Gasteiger partial charge in [-0.25, -0.2) is 0 Å². The fraction of sp³-hybridized carbons (Fsp3) is 1.00. The van der Waals surface area contributed by atoms with E-state index < -0.39 is 0 Å². The fourth-order valence-corrected chi connectivity index (χ4v) is 3.74. The van der Waals surface area contributed by atoms with E-state index in [2.05, 4.69) is 36.1 Å². The van der Waals surface area contributed by atoms with E-state index in [1.54, 1.807) is 0 Å². The van der Waals surface area contributed by atoms with Crippen LogP contribution in [0.5, 0.6) is 0 Å². The van der Waals surface area contributed by atoms with Gasteiger partial charge in [0.2, 0.25) is 0 Å². The van der Waals surface area contributed by atoms with E-state index in [0.29, 0.717) is 18.2 Å². The summed E-state index contributed by atoms with van der Waals surface area (Å²) in [7, 11) is 4.57. The molecule has 2 saturated heterocycles. The van der Waals surface area contributed by atoms with Gasteiger partial charge in [0, 0.05) is 25.2 Å². The van der Waals surface area contributed by atoms with Gasteiger partial charge in [-0.15, -0.1) is 0 Å². The van der Waals surface area contributed by atoms with Gasteiger partial charge in [0.1, 0.15) is 0 Å².